The second kappa shape index (κ2) is 10.7. The van der Waals surface area contributed by atoms with Crippen LogP contribution in [0.1, 0.15) is 31.0 Å². The van der Waals surface area contributed by atoms with Gasteiger partial charge in [0.1, 0.15) is 17.3 Å². The van der Waals surface area contributed by atoms with Gasteiger partial charge in [0.15, 0.2) is 0 Å². The van der Waals surface area contributed by atoms with Gasteiger partial charge in [-0.15, -0.1) is 0 Å². The Morgan fingerprint density at radius 1 is 1.06 bits per heavy atom. The molecule has 1 unspecified atom stereocenters. The number of nitrogens with zero attached hydrogens (tertiary/aromatic N) is 2. The number of aliphatic hydroxyl groups is 1. The average molecular weight is 473 g/mol. The van der Waals surface area contributed by atoms with Crippen LogP contribution in [0, 0.1) is 0 Å². The monoisotopic (exact) mass is 472 g/mol. The third-order valence-corrected chi connectivity index (χ3v) is 6.19. The van der Waals surface area contributed by atoms with E-state index >= 15 is 0 Å². The van der Waals surface area contributed by atoms with Gasteiger partial charge in [0.2, 0.25) is 0 Å². The van der Waals surface area contributed by atoms with Crippen molar-refractivity contribution < 1.29 is 24.2 Å². The summed E-state index contributed by atoms with van der Waals surface area (Å²) in [7, 11) is 3.06. The van der Waals surface area contributed by atoms with Crippen LogP contribution in [-0.2, 0) is 9.59 Å². The van der Waals surface area contributed by atoms with E-state index in [1.807, 2.05) is 13.8 Å². The summed E-state index contributed by atoms with van der Waals surface area (Å²) in [4.78, 5) is 30.0. The summed E-state index contributed by atoms with van der Waals surface area (Å²) in [6.45, 7) is 6.62. The molecule has 1 N–H and O–H groups in total. The molecule has 0 aromatic heterocycles. The van der Waals surface area contributed by atoms with Crippen molar-refractivity contribution in [2.24, 2.45) is 0 Å². The molecule has 1 fully saturated rings. The molecule has 33 heavy (non-hydrogen) atoms. The Labute approximate surface area is 199 Å². The van der Waals surface area contributed by atoms with Crippen LogP contribution in [0.4, 0.5) is 0 Å². The van der Waals surface area contributed by atoms with Crippen molar-refractivity contribution in [2.75, 3.05) is 40.4 Å². The fraction of sp³-hybridized carbons (Fsp3) is 0.360. The lowest BCUT2D eigenvalue weighted by Gasteiger charge is -2.29. The number of amides is 1. The Kier molecular flexibility index (Phi) is 8.00. The van der Waals surface area contributed by atoms with Crippen LogP contribution in [-0.4, -0.2) is 67.0 Å². The number of likely N-dealkylation sites (N-methyl/N-ethyl adjacent to an activating group) is 1. The first-order valence-electron chi connectivity index (χ1n) is 10.8. The molecule has 0 radical (unpaired) electrons. The number of ketones is 1. The summed E-state index contributed by atoms with van der Waals surface area (Å²) in [5, 5.41) is 11.7. The summed E-state index contributed by atoms with van der Waals surface area (Å²) < 4.78 is 10.9. The van der Waals surface area contributed by atoms with Crippen molar-refractivity contribution in [3.05, 3.63) is 64.2 Å². The molecule has 0 bridgehead atoms. The number of likely N-dealkylation sites (tertiary alicyclic amines) is 1. The Balaban J connectivity index is 2.19. The van der Waals surface area contributed by atoms with Gasteiger partial charge in [0.25, 0.3) is 11.7 Å². The number of benzene rings is 2. The minimum atomic E-state index is -0.832. The number of ether oxygens (including phenoxy) is 2. The van der Waals surface area contributed by atoms with E-state index < -0.39 is 17.7 Å². The third kappa shape index (κ3) is 4.99. The minimum absolute atomic E-state index is 0.00780. The van der Waals surface area contributed by atoms with Crippen LogP contribution < -0.4 is 9.47 Å². The van der Waals surface area contributed by atoms with E-state index in [0.717, 1.165) is 13.1 Å². The standard InChI is InChI=1S/C25H29ClN2O5/c1-5-27(6-2)13-14-28-22(19-15-18(32-3)11-12-20(19)33-4)21(24(30)25(28)31)23(29)16-7-9-17(26)10-8-16/h7-12,15,22,29H,5-6,13-14H2,1-4H3/b23-21-. The Hall–Kier alpha value is -3.03. The van der Waals surface area contributed by atoms with Gasteiger partial charge in [-0.3, -0.25) is 9.59 Å². The van der Waals surface area contributed by atoms with Gasteiger partial charge >= 0.3 is 0 Å². The fourth-order valence-corrected chi connectivity index (χ4v) is 4.17. The molecule has 0 spiro atoms. The van der Waals surface area contributed by atoms with E-state index in [0.29, 0.717) is 40.7 Å². The zero-order valence-electron chi connectivity index (χ0n) is 19.3. The lowest BCUT2D eigenvalue weighted by molar-refractivity contribution is -0.140. The maximum Gasteiger partial charge on any atom is 0.295 e. The van der Waals surface area contributed by atoms with Crippen molar-refractivity contribution >= 4 is 29.1 Å². The number of rotatable bonds is 9. The van der Waals surface area contributed by atoms with Crippen molar-refractivity contribution in [2.45, 2.75) is 19.9 Å². The van der Waals surface area contributed by atoms with Crippen LogP contribution in [0.25, 0.3) is 5.76 Å². The van der Waals surface area contributed by atoms with E-state index in [-0.39, 0.29) is 11.3 Å². The van der Waals surface area contributed by atoms with Gasteiger partial charge in [0, 0.05) is 29.2 Å². The highest BCUT2D eigenvalue weighted by Gasteiger charge is 2.47. The molecule has 2 aromatic carbocycles. The predicted octanol–water partition coefficient (Wildman–Crippen LogP) is 4.12. The largest absolute Gasteiger partial charge is 0.507 e. The van der Waals surface area contributed by atoms with Crippen molar-refractivity contribution in [1.29, 1.82) is 0 Å². The summed E-state index contributed by atoms with van der Waals surface area (Å²) in [6, 6.07) is 10.8. The van der Waals surface area contributed by atoms with E-state index in [9.17, 15) is 14.7 Å². The zero-order valence-corrected chi connectivity index (χ0v) is 20.1. The van der Waals surface area contributed by atoms with Gasteiger partial charge in [-0.2, -0.15) is 0 Å². The summed E-state index contributed by atoms with van der Waals surface area (Å²) >= 11 is 5.98. The number of Topliss-reactive ketones (excluding diaryl/α,β-unsaturated/α-hetero) is 1. The molecule has 7 nitrogen and oxygen atoms in total. The summed E-state index contributed by atoms with van der Waals surface area (Å²) in [6.07, 6.45) is 0. The number of hydrogen-bond donors (Lipinski definition) is 1. The highest BCUT2D eigenvalue weighted by Crippen LogP contribution is 2.43. The van der Waals surface area contributed by atoms with E-state index in [1.54, 1.807) is 42.5 Å². The smallest absolute Gasteiger partial charge is 0.295 e. The molecular weight excluding hydrogens is 444 g/mol. The molecule has 2 aromatic rings. The van der Waals surface area contributed by atoms with Crippen molar-refractivity contribution in [1.82, 2.24) is 9.80 Å². The molecule has 3 rings (SSSR count). The van der Waals surface area contributed by atoms with Gasteiger partial charge in [-0.1, -0.05) is 25.4 Å². The normalized spacial score (nSPS) is 17.6. The van der Waals surface area contributed by atoms with Crippen LogP contribution >= 0.6 is 11.6 Å². The number of carbonyl (C=O) groups is 2. The first-order chi connectivity index (χ1) is 15.9. The minimum Gasteiger partial charge on any atom is -0.507 e. The molecule has 1 amide bonds. The molecule has 0 aliphatic carbocycles. The van der Waals surface area contributed by atoms with Gasteiger partial charge in [-0.05, 0) is 55.6 Å². The molecule has 0 saturated carbocycles. The van der Waals surface area contributed by atoms with Crippen molar-refractivity contribution in [3.8, 4) is 11.5 Å². The van der Waals surface area contributed by atoms with Crippen LogP contribution in [0.2, 0.25) is 5.02 Å². The fourth-order valence-electron chi connectivity index (χ4n) is 4.04. The van der Waals surface area contributed by atoms with E-state index in [1.165, 1.54) is 19.1 Å². The lowest BCUT2D eigenvalue weighted by Crippen LogP contribution is -2.38. The first-order valence-corrected chi connectivity index (χ1v) is 11.2. The summed E-state index contributed by atoms with van der Waals surface area (Å²) in [5.41, 5.74) is 0.965. The second-order valence-electron chi connectivity index (χ2n) is 7.63. The van der Waals surface area contributed by atoms with Gasteiger partial charge in [-0.25, -0.2) is 0 Å². The molecule has 1 heterocycles. The number of methoxy groups -OCH3 is 2. The number of carbonyl (C=O) groups excluding carboxylic acids is 2. The number of halogens is 1. The van der Waals surface area contributed by atoms with E-state index in [2.05, 4.69) is 4.90 Å². The predicted molar refractivity (Wildman–Crippen MR) is 128 cm³/mol. The maximum absolute atomic E-state index is 13.2. The first kappa shape index (κ1) is 24.6. The van der Waals surface area contributed by atoms with Crippen molar-refractivity contribution in [3.63, 3.8) is 0 Å². The SMILES string of the molecule is CCN(CC)CCN1C(=O)C(=O)/C(=C(\O)c2ccc(Cl)cc2)C1c1cc(OC)ccc1OC. The molecule has 176 valence electrons. The third-order valence-electron chi connectivity index (χ3n) is 5.94. The highest BCUT2D eigenvalue weighted by molar-refractivity contribution is 6.46. The van der Waals surface area contributed by atoms with Gasteiger partial charge < -0.3 is 24.4 Å². The molecule has 1 aliphatic rings. The van der Waals surface area contributed by atoms with Crippen LogP contribution in [0.3, 0.4) is 0 Å². The van der Waals surface area contributed by atoms with E-state index in [4.69, 9.17) is 21.1 Å². The average Bonchev–Trinajstić information content (AvgIpc) is 3.09. The zero-order chi connectivity index (χ0) is 24.1. The number of aliphatic hydroxyl groups excluding tert-OH is 1. The summed E-state index contributed by atoms with van der Waals surface area (Å²) in [5.74, 6) is -0.626. The Bertz CT molecular complexity index is 1050. The maximum atomic E-state index is 13.2. The molecule has 1 atom stereocenters. The quantitative estimate of drug-likeness (QED) is 0.336. The number of hydrogen-bond acceptors (Lipinski definition) is 6. The molecule has 1 saturated heterocycles. The highest BCUT2D eigenvalue weighted by atomic mass is 35.5. The van der Waals surface area contributed by atoms with Crippen LogP contribution in [0.5, 0.6) is 11.5 Å². The molecule has 8 heteroatoms. The van der Waals surface area contributed by atoms with Gasteiger partial charge in [0.05, 0.1) is 25.8 Å². The lowest BCUT2D eigenvalue weighted by atomic mass is 9.94. The molecule has 1 aliphatic heterocycles. The topological polar surface area (TPSA) is 79.3 Å². The van der Waals surface area contributed by atoms with Crippen LogP contribution in [0.15, 0.2) is 48.0 Å². The second-order valence-corrected chi connectivity index (χ2v) is 8.07. The Morgan fingerprint density at radius 2 is 1.73 bits per heavy atom. The Morgan fingerprint density at radius 3 is 2.30 bits per heavy atom. The molecular formula is C25H29ClN2O5.